The number of carbonyl (C=O) groups excluding carboxylic acids is 2. The van der Waals surface area contributed by atoms with Gasteiger partial charge in [0.25, 0.3) is 5.91 Å². The number of nitrogens with one attached hydrogen (secondary N) is 3. The monoisotopic (exact) mass is 500 g/mol. The SMILES string of the molecule is CCC(NC)c1ccc(NC(=C2C(=O)Nc3cc(Cl)ccc32)c2ccc(N3CCCC3=O)cc2)cc1. The molecular weight excluding hydrogens is 472 g/mol. The zero-order valence-corrected chi connectivity index (χ0v) is 21.2. The Hall–Kier alpha value is -3.61. The Morgan fingerprint density at radius 2 is 1.81 bits per heavy atom. The quantitative estimate of drug-likeness (QED) is 0.344. The van der Waals surface area contributed by atoms with Crippen LogP contribution in [0, 0.1) is 0 Å². The van der Waals surface area contributed by atoms with Crippen molar-refractivity contribution in [3.05, 3.63) is 88.4 Å². The van der Waals surface area contributed by atoms with Crippen molar-refractivity contribution >= 4 is 51.7 Å². The topological polar surface area (TPSA) is 73.5 Å². The predicted molar refractivity (Wildman–Crippen MR) is 147 cm³/mol. The lowest BCUT2D eigenvalue weighted by molar-refractivity contribution is -0.117. The highest BCUT2D eigenvalue weighted by atomic mass is 35.5. The van der Waals surface area contributed by atoms with Crippen molar-refractivity contribution < 1.29 is 9.59 Å². The first-order valence-electron chi connectivity index (χ1n) is 12.3. The van der Waals surface area contributed by atoms with Crippen LogP contribution in [0.3, 0.4) is 0 Å². The van der Waals surface area contributed by atoms with Gasteiger partial charge in [0.2, 0.25) is 5.91 Å². The Morgan fingerprint density at radius 1 is 1.06 bits per heavy atom. The Bertz CT molecular complexity index is 1330. The normalized spacial score (nSPS) is 17.1. The number of benzene rings is 3. The second-order valence-corrected chi connectivity index (χ2v) is 9.52. The molecule has 0 bridgehead atoms. The Labute approximate surface area is 216 Å². The van der Waals surface area contributed by atoms with Crippen LogP contribution < -0.4 is 20.9 Å². The first-order chi connectivity index (χ1) is 17.5. The molecule has 36 heavy (non-hydrogen) atoms. The fourth-order valence-corrected chi connectivity index (χ4v) is 5.12. The van der Waals surface area contributed by atoms with Gasteiger partial charge in [-0.15, -0.1) is 0 Å². The molecule has 0 aromatic heterocycles. The average Bonchev–Trinajstić information content (AvgIpc) is 3.46. The van der Waals surface area contributed by atoms with Crippen LogP contribution in [0.5, 0.6) is 0 Å². The summed E-state index contributed by atoms with van der Waals surface area (Å²) in [5.74, 6) is -0.0427. The Morgan fingerprint density at radius 3 is 2.44 bits per heavy atom. The van der Waals surface area contributed by atoms with E-state index in [0.717, 1.165) is 41.9 Å². The van der Waals surface area contributed by atoms with E-state index in [4.69, 9.17) is 11.6 Å². The van der Waals surface area contributed by atoms with Gasteiger partial charge >= 0.3 is 0 Å². The highest BCUT2D eigenvalue weighted by Crippen LogP contribution is 2.39. The maximum Gasteiger partial charge on any atom is 0.258 e. The summed E-state index contributed by atoms with van der Waals surface area (Å²) in [7, 11) is 1.96. The van der Waals surface area contributed by atoms with Crippen molar-refractivity contribution in [1.29, 1.82) is 0 Å². The smallest absolute Gasteiger partial charge is 0.258 e. The molecule has 1 unspecified atom stereocenters. The molecule has 3 aromatic rings. The van der Waals surface area contributed by atoms with Gasteiger partial charge in [-0.25, -0.2) is 0 Å². The van der Waals surface area contributed by atoms with Gasteiger partial charge in [-0.3, -0.25) is 9.59 Å². The lowest BCUT2D eigenvalue weighted by Gasteiger charge is -2.19. The number of carbonyl (C=O) groups is 2. The second kappa shape index (κ2) is 10.2. The third-order valence-electron chi connectivity index (χ3n) is 6.86. The first kappa shape index (κ1) is 24.1. The van der Waals surface area contributed by atoms with Crippen molar-refractivity contribution in [3.63, 3.8) is 0 Å². The molecule has 5 rings (SSSR count). The minimum atomic E-state index is -0.189. The van der Waals surface area contributed by atoms with Crippen LogP contribution in [0.25, 0.3) is 11.3 Å². The van der Waals surface area contributed by atoms with E-state index in [1.54, 1.807) is 12.1 Å². The fourth-order valence-electron chi connectivity index (χ4n) is 4.95. The summed E-state index contributed by atoms with van der Waals surface area (Å²) >= 11 is 6.18. The lowest BCUT2D eigenvalue weighted by Crippen LogP contribution is -2.23. The number of anilines is 3. The van der Waals surface area contributed by atoms with Gasteiger partial charge in [0, 0.05) is 41.0 Å². The fraction of sp³-hybridized carbons (Fsp3) is 0.241. The van der Waals surface area contributed by atoms with Gasteiger partial charge in [0.15, 0.2) is 0 Å². The molecule has 3 aromatic carbocycles. The molecule has 2 amide bonds. The highest BCUT2D eigenvalue weighted by Gasteiger charge is 2.29. The third kappa shape index (κ3) is 4.62. The van der Waals surface area contributed by atoms with Crippen LogP contribution in [0.4, 0.5) is 17.1 Å². The Balaban J connectivity index is 1.56. The largest absolute Gasteiger partial charge is 0.354 e. The molecular formula is C29H29ClN4O2. The molecule has 2 heterocycles. The third-order valence-corrected chi connectivity index (χ3v) is 7.09. The molecule has 2 aliphatic heterocycles. The minimum absolute atomic E-state index is 0.146. The number of rotatable bonds is 7. The summed E-state index contributed by atoms with van der Waals surface area (Å²) in [6, 6.07) is 21.8. The molecule has 0 aliphatic carbocycles. The summed E-state index contributed by atoms with van der Waals surface area (Å²) in [4.78, 5) is 27.2. The maximum atomic E-state index is 13.2. The number of hydrogen-bond acceptors (Lipinski definition) is 4. The van der Waals surface area contributed by atoms with Crippen molar-refractivity contribution in [2.45, 2.75) is 32.2 Å². The maximum absolute atomic E-state index is 13.2. The average molecular weight is 501 g/mol. The standard InChI is InChI=1S/C29H29ClN4O2/c1-3-24(31-2)18-6-11-21(12-7-18)32-28(27-23-15-10-20(30)17-25(23)33-29(27)36)19-8-13-22(14-9-19)34-16-4-5-26(34)35/h6-15,17,24,31-32H,3-5,16H2,1-2H3,(H,33,36). The number of nitrogens with zero attached hydrogens (tertiary/aromatic N) is 1. The van der Waals surface area contributed by atoms with E-state index >= 15 is 0 Å². The zero-order valence-electron chi connectivity index (χ0n) is 20.4. The van der Waals surface area contributed by atoms with Crippen molar-refractivity contribution in [2.24, 2.45) is 0 Å². The van der Waals surface area contributed by atoms with E-state index in [1.165, 1.54) is 5.56 Å². The second-order valence-electron chi connectivity index (χ2n) is 9.09. The summed E-state index contributed by atoms with van der Waals surface area (Å²) in [6.07, 6.45) is 2.45. The van der Waals surface area contributed by atoms with Crippen LogP contribution in [-0.4, -0.2) is 25.4 Å². The molecule has 1 atom stereocenters. The molecule has 7 heteroatoms. The number of amides is 2. The van der Waals surface area contributed by atoms with E-state index in [9.17, 15) is 9.59 Å². The van der Waals surface area contributed by atoms with Crippen LogP contribution in [0.15, 0.2) is 66.7 Å². The molecule has 1 fully saturated rings. The molecule has 0 radical (unpaired) electrons. The van der Waals surface area contributed by atoms with E-state index < -0.39 is 0 Å². The van der Waals surface area contributed by atoms with Crippen LogP contribution >= 0.6 is 11.6 Å². The number of halogens is 1. The molecule has 3 N–H and O–H groups in total. The lowest BCUT2D eigenvalue weighted by atomic mass is 9.99. The van der Waals surface area contributed by atoms with E-state index in [1.807, 2.05) is 54.4 Å². The molecule has 6 nitrogen and oxygen atoms in total. The van der Waals surface area contributed by atoms with Crippen LogP contribution in [-0.2, 0) is 9.59 Å². The minimum Gasteiger partial charge on any atom is -0.354 e. The van der Waals surface area contributed by atoms with E-state index in [0.29, 0.717) is 28.4 Å². The molecule has 184 valence electrons. The highest BCUT2D eigenvalue weighted by molar-refractivity contribution is 6.38. The van der Waals surface area contributed by atoms with Crippen molar-refractivity contribution in [2.75, 3.05) is 29.1 Å². The van der Waals surface area contributed by atoms with Gasteiger partial charge in [-0.05, 0) is 67.4 Å². The molecule has 1 saturated heterocycles. The number of hydrogen-bond donors (Lipinski definition) is 3. The van der Waals surface area contributed by atoms with Gasteiger partial charge in [-0.2, -0.15) is 0 Å². The molecule has 0 saturated carbocycles. The van der Waals surface area contributed by atoms with Crippen LogP contribution in [0.1, 0.15) is 48.9 Å². The summed E-state index contributed by atoms with van der Waals surface area (Å²) < 4.78 is 0. The number of fused-ring (bicyclic) bond motifs is 1. The van der Waals surface area contributed by atoms with Gasteiger partial charge < -0.3 is 20.9 Å². The molecule has 2 aliphatic rings. The zero-order chi connectivity index (χ0) is 25.2. The Kier molecular flexibility index (Phi) is 6.81. The van der Waals surface area contributed by atoms with Crippen molar-refractivity contribution in [3.8, 4) is 0 Å². The predicted octanol–water partition coefficient (Wildman–Crippen LogP) is 6.07. The van der Waals surface area contributed by atoms with E-state index in [-0.39, 0.29) is 17.9 Å². The van der Waals surface area contributed by atoms with Gasteiger partial charge in [-0.1, -0.05) is 48.9 Å². The first-order valence-corrected chi connectivity index (χ1v) is 12.7. The summed E-state index contributed by atoms with van der Waals surface area (Å²) in [6.45, 7) is 2.89. The van der Waals surface area contributed by atoms with Gasteiger partial charge in [0.1, 0.15) is 0 Å². The van der Waals surface area contributed by atoms with Crippen molar-refractivity contribution in [1.82, 2.24) is 5.32 Å². The molecule has 0 spiro atoms. The van der Waals surface area contributed by atoms with Gasteiger partial charge in [0.05, 0.1) is 17.0 Å². The van der Waals surface area contributed by atoms with E-state index in [2.05, 4.69) is 35.0 Å². The summed E-state index contributed by atoms with van der Waals surface area (Å²) in [5.41, 5.74) is 6.54. The van der Waals surface area contributed by atoms with Crippen LogP contribution in [0.2, 0.25) is 5.02 Å². The summed E-state index contributed by atoms with van der Waals surface area (Å²) in [5, 5.41) is 10.3.